The minimum absolute atomic E-state index is 0.00182. The zero-order valence-electron chi connectivity index (χ0n) is 10.2. The van der Waals surface area contributed by atoms with Gasteiger partial charge < -0.3 is 4.74 Å². The van der Waals surface area contributed by atoms with Crippen molar-refractivity contribution in [2.75, 3.05) is 5.33 Å². The van der Waals surface area contributed by atoms with Crippen molar-refractivity contribution in [3.05, 3.63) is 35.9 Å². The highest BCUT2D eigenvalue weighted by Gasteiger charge is 2.10. The molecule has 0 bridgehead atoms. The van der Waals surface area contributed by atoms with Crippen LogP contribution in [0.4, 0.5) is 0 Å². The van der Waals surface area contributed by atoms with E-state index in [-0.39, 0.29) is 12.1 Å². The lowest BCUT2D eigenvalue weighted by atomic mass is 10.1. The summed E-state index contributed by atoms with van der Waals surface area (Å²) in [5.41, 5.74) is 0.625. The molecule has 1 rings (SSSR count). The van der Waals surface area contributed by atoms with E-state index in [1.54, 1.807) is 12.1 Å². The molecular weight excluding hydrogens is 280 g/mol. The van der Waals surface area contributed by atoms with Crippen LogP contribution in [-0.2, 0) is 4.74 Å². The van der Waals surface area contributed by atoms with Crippen LogP contribution in [0, 0.1) is 0 Å². The maximum atomic E-state index is 11.7. The molecule has 1 atom stereocenters. The van der Waals surface area contributed by atoms with Crippen LogP contribution in [0.1, 0.15) is 43.0 Å². The predicted octanol–water partition coefficient (Wildman–Crippen LogP) is 4.19. The Labute approximate surface area is 111 Å². The number of rotatable bonds is 7. The van der Waals surface area contributed by atoms with E-state index >= 15 is 0 Å². The molecule has 1 unspecified atom stereocenters. The summed E-state index contributed by atoms with van der Waals surface area (Å²) in [7, 11) is 0. The Kier molecular flexibility index (Phi) is 6.94. The molecule has 0 saturated heterocycles. The third-order valence-corrected chi connectivity index (χ3v) is 3.12. The average molecular weight is 299 g/mol. The number of benzene rings is 1. The second-order valence-corrected chi connectivity index (χ2v) is 4.91. The first-order valence-electron chi connectivity index (χ1n) is 6.06. The molecule has 0 aliphatic heterocycles. The smallest absolute Gasteiger partial charge is 0.338 e. The van der Waals surface area contributed by atoms with E-state index in [0.717, 1.165) is 18.2 Å². The molecule has 0 heterocycles. The Hall–Kier alpha value is -0.830. The van der Waals surface area contributed by atoms with Crippen molar-refractivity contribution in [2.45, 2.75) is 38.7 Å². The Morgan fingerprint density at radius 3 is 2.59 bits per heavy atom. The van der Waals surface area contributed by atoms with Gasteiger partial charge >= 0.3 is 5.97 Å². The summed E-state index contributed by atoms with van der Waals surface area (Å²) >= 11 is 3.40. The van der Waals surface area contributed by atoms with Gasteiger partial charge in [-0.3, -0.25) is 0 Å². The van der Waals surface area contributed by atoms with Gasteiger partial charge in [-0.25, -0.2) is 4.79 Å². The summed E-state index contributed by atoms with van der Waals surface area (Å²) in [6, 6.07) is 9.13. The topological polar surface area (TPSA) is 26.3 Å². The van der Waals surface area contributed by atoms with Crippen LogP contribution >= 0.6 is 15.9 Å². The Morgan fingerprint density at radius 2 is 1.94 bits per heavy atom. The number of esters is 1. The van der Waals surface area contributed by atoms with E-state index < -0.39 is 0 Å². The molecule has 0 spiro atoms. The molecule has 0 aliphatic carbocycles. The number of unbranched alkanes of at least 4 members (excludes halogenated alkanes) is 2. The quantitative estimate of drug-likeness (QED) is 0.429. The van der Waals surface area contributed by atoms with Crippen LogP contribution in [-0.4, -0.2) is 17.4 Å². The van der Waals surface area contributed by atoms with Crippen molar-refractivity contribution >= 4 is 21.9 Å². The fourth-order valence-corrected chi connectivity index (χ4v) is 1.98. The molecule has 2 nitrogen and oxygen atoms in total. The van der Waals surface area contributed by atoms with E-state index in [9.17, 15) is 4.79 Å². The van der Waals surface area contributed by atoms with Crippen molar-refractivity contribution in [1.29, 1.82) is 0 Å². The van der Waals surface area contributed by atoms with Crippen LogP contribution in [0.15, 0.2) is 30.3 Å². The number of halogens is 1. The second kappa shape index (κ2) is 8.29. The molecular formula is C14H19BrO2. The lowest BCUT2D eigenvalue weighted by molar-refractivity contribution is 0.0319. The van der Waals surface area contributed by atoms with Crippen molar-refractivity contribution < 1.29 is 9.53 Å². The molecule has 0 fully saturated rings. The van der Waals surface area contributed by atoms with Gasteiger partial charge in [-0.1, -0.05) is 40.5 Å². The average Bonchev–Trinajstić information content (AvgIpc) is 2.36. The number of ether oxygens (including phenoxy) is 1. The first-order valence-corrected chi connectivity index (χ1v) is 7.18. The van der Waals surface area contributed by atoms with Gasteiger partial charge in [-0.2, -0.15) is 0 Å². The lowest BCUT2D eigenvalue weighted by Gasteiger charge is -2.12. The number of alkyl halides is 1. The predicted molar refractivity (Wildman–Crippen MR) is 73.6 cm³/mol. The fourth-order valence-electron chi connectivity index (χ4n) is 1.59. The van der Waals surface area contributed by atoms with Crippen LogP contribution in [0.5, 0.6) is 0 Å². The van der Waals surface area contributed by atoms with Crippen molar-refractivity contribution in [3.8, 4) is 0 Å². The largest absolute Gasteiger partial charge is 0.459 e. The molecule has 1 aromatic rings. The minimum atomic E-state index is -0.224. The first-order chi connectivity index (χ1) is 8.24. The fraction of sp³-hybridized carbons (Fsp3) is 0.500. The molecule has 0 N–H and O–H groups in total. The van der Waals surface area contributed by atoms with Gasteiger partial charge in [0, 0.05) is 5.33 Å². The summed E-state index contributed by atoms with van der Waals surface area (Å²) in [5.74, 6) is -0.224. The van der Waals surface area contributed by atoms with Gasteiger partial charge in [0.2, 0.25) is 0 Å². The Bertz CT molecular complexity index is 324. The molecule has 0 aromatic heterocycles. The zero-order chi connectivity index (χ0) is 12.5. The van der Waals surface area contributed by atoms with Gasteiger partial charge in [0.25, 0.3) is 0 Å². The molecule has 1 aromatic carbocycles. The summed E-state index contributed by atoms with van der Waals surface area (Å²) in [5, 5.41) is 1.05. The highest BCUT2D eigenvalue weighted by molar-refractivity contribution is 9.09. The minimum Gasteiger partial charge on any atom is -0.459 e. The van der Waals surface area contributed by atoms with E-state index in [1.165, 1.54) is 12.8 Å². The van der Waals surface area contributed by atoms with Crippen LogP contribution in [0.25, 0.3) is 0 Å². The van der Waals surface area contributed by atoms with Gasteiger partial charge in [0.15, 0.2) is 0 Å². The van der Waals surface area contributed by atoms with Crippen molar-refractivity contribution in [3.63, 3.8) is 0 Å². The first kappa shape index (κ1) is 14.2. The molecule has 3 heteroatoms. The van der Waals surface area contributed by atoms with E-state index in [1.807, 2.05) is 25.1 Å². The summed E-state index contributed by atoms with van der Waals surface area (Å²) in [4.78, 5) is 11.7. The number of carbonyl (C=O) groups is 1. The van der Waals surface area contributed by atoms with Gasteiger partial charge in [0.05, 0.1) is 11.7 Å². The normalized spacial score (nSPS) is 12.1. The highest BCUT2D eigenvalue weighted by atomic mass is 79.9. The maximum absolute atomic E-state index is 11.7. The highest BCUT2D eigenvalue weighted by Crippen LogP contribution is 2.10. The van der Waals surface area contributed by atoms with Gasteiger partial charge in [0.1, 0.15) is 0 Å². The molecule has 0 aliphatic rings. The number of carbonyl (C=O) groups excluding carboxylic acids is 1. The van der Waals surface area contributed by atoms with Crippen LogP contribution in [0.2, 0.25) is 0 Å². The zero-order valence-corrected chi connectivity index (χ0v) is 11.8. The van der Waals surface area contributed by atoms with E-state index in [2.05, 4.69) is 15.9 Å². The lowest BCUT2D eigenvalue weighted by Crippen LogP contribution is -2.14. The van der Waals surface area contributed by atoms with Crippen molar-refractivity contribution in [2.24, 2.45) is 0 Å². The molecule has 0 amide bonds. The Morgan fingerprint density at radius 1 is 1.24 bits per heavy atom. The number of hydrogen-bond donors (Lipinski definition) is 0. The molecule has 17 heavy (non-hydrogen) atoms. The van der Waals surface area contributed by atoms with E-state index in [4.69, 9.17) is 4.74 Å². The summed E-state index contributed by atoms with van der Waals surface area (Å²) in [6.45, 7) is 1.95. The molecule has 94 valence electrons. The standard InChI is InChI=1S/C14H19BrO2/c1-12(8-4-3-7-11-15)17-14(16)13-9-5-2-6-10-13/h2,5-6,9-10,12H,3-4,7-8,11H2,1H3. The Balaban J connectivity index is 2.26. The monoisotopic (exact) mass is 298 g/mol. The molecule has 0 saturated carbocycles. The van der Waals surface area contributed by atoms with Crippen LogP contribution in [0.3, 0.4) is 0 Å². The number of hydrogen-bond acceptors (Lipinski definition) is 2. The summed E-state index contributed by atoms with van der Waals surface area (Å²) < 4.78 is 5.37. The summed E-state index contributed by atoms with van der Waals surface area (Å²) in [6.07, 6.45) is 4.40. The third kappa shape index (κ3) is 5.87. The van der Waals surface area contributed by atoms with E-state index in [0.29, 0.717) is 5.56 Å². The SMILES string of the molecule is CC(CCCCCBr)OC(=O)c1ccccc1. The van der Waals surface area contributed by atoms with Crippen molar-refractivity contribution in [1.82, 2.24) is 0 Å². The van der Waals surface area contributed by atoms with Gasteiger partial charge in [-0.15, -0.1) is 0 Å². The maximum Gasteiger partial charge on any atom is 0.338 e. The third-order valence-electron chi connectivity index (χ3n) is 2.56. The molecule has 0 radical (unpaired) electrons. The second-order valence-electron chi connectivity index (χ2n) is 4.12. The van der Waals surface area contributed by atoms with Gasteiger partial charge in [-0.05, 0) is 38.3 Å². The van der Waals surface area contributed by atoms with Crippen LogP contribution < -0.4 is 0 Å².